The SMILES string of the molecule is COc1cc(NC(=O)Nc2ccc3c(c2)CCN(C(=O)OC(C)(C)C)C3)ccc1F. The van der Waals surface area contributed by atoms with Crippen LogP contribution >= 0.6 is 0 Å². The molecular formula is C22H26FN3O4. The maximum atomic E-state index is 13.5. The van der Waals surface area contributed by atoms with Crippen LogP contribution in [0, 0.1) is 5.82 Å². The summed E-state index contributed by atoms with van der Waals surface area (Å²) < 4.78 is 23.8. The lowest BCUT2D eigenvalue weighted by Crippen LogP contribution is -2.39. The van der Waals surface area contributed by atoms with Gasteiger partial charge in [-0.2, -0.15) is 0 Å². The van der Waals surface area contributed by atoms with Gasteiger partial charge in [0.1, 0.15) is 5.60 Å². The number of rotatable bonds is 3. The molecule has 0 spiro atoms. The van der Waals surface area contributed by atoms with E-state index in [4.69, 9.17) is 9.47 Å². The third kappa shape index (κ3) is 5.40. The van der Waals surface area contributed by atoms with Gasteiger partial charge in [0.25, 0.3) is 0 Å². The van der Waals surface area contributed by atoms with Gasteiger partial charge in [-0.1, -0.05) is 6.07 Å². The Labute approximate surface area is 175 Å². The number of anilines is 2. The van der Waals surface area contributed by atoms with E-state index in [0.29, 0.717) is 30.9 Å². The lowest BCUT2D eigenvalue weighted by molar-refractivity contribution is 0.0224. The van der Waals surface area contributed by atoms with E-state index in [9.17, 15) is 14.0 Å². The summed E-state index contributed by atoms with van der Waals surface area (Å²) in [4.78, 5) is 26.2. The molecule has 0 fully saturated rings. The summed E-state index contributed by atoms with van der Waals surface area (Å²) in [6, 6.07) is 9.21. The van der Waals surface area contributed by atoms with E-state index in [0.717, 1.165) is 11.1 Å². The fraction of sp³-hybridized carbons (Fsp3) is 0.364. The third-order valence-corrected chi connectivity index (χ3v) is 4.54. The van der Waals surface area contributed by atoms with Crippen molar-refractivity contribution in [2.45, 2.75) is 39.3 Å². The number of fused-ring (bicyclic) bond motifs is 1. The molecule has 0 saturated carbocycles. The van der Waals surface area contributed by atoms with Crippen LogP contribution in [0.2, 0.25) is 0 Å². The van der Waals surface area contributed by atoms with Crippen molar-refractivity contribution in [2.24, 2.45) is 0 Å². The number of halogens is 1. The molecule has 2 N–H and O–H groups in total. The molecule has 160 valence electrons. The van der Waals surface area contributed by atoms with Crippen LogP contribution < -0.4 is 15.4 Å². The molecule has 7 nitrogen and oxygen atoms in total. The molecule has 0 aromatic heterocycles. The smallest absolute Gasteiger partial charge is 0.410 e. The summed E-state index contributed by atoms with van der Waals surface area (Å²) >= 11 is 0. The van der Waals surface area contributed by atoms with Crippen LogP contribution in [0.3, 0.4) is 0 Å². The zero-order chi connectivity index (χ0) is 21.9. The van der Waals surface area contributed by atoms with Crippen molar-refractivity contribution in [1.29, 1.82) is 0 Å². The molecule has 30 heavy (non-hydrogen) atoms. The number of nitrogens with one attached hydrogen (secondary N) is 2. The number of ether oxygens (including phenoxy) is 2. The van der Waals surface area contributed by atoms with E-state index in [-0.39, 0.29) is 11.8 Å². The summed E-state index contributed by atoms with van der Waals surface area (Å²) in [5.74, 6) is -0.449. The van der Waals surface area contributed by atoms with E-state index in [1.807, 2.05) is 32.9 Å². The number of nitrogens with zero attached hydrogens (tertiary/aromatic N) is 1. The molecule has 3 amide bonds. The first-order chi connectivity index (χ1) is 14.1. The van der Waals surface area contributed by atoms with Gasteiger partial charge in [0.15, 0.2) is 11.6 Å². The van der Waals surface area contributed by atoms with Gasteiger partial charge in [-0.3, -0.25) is 0 Å². The fourth-order valence-electron chi connectivity index (χ4n) is 3.14. The number of hydrogen-bond donors (Lipinski definition) is 2. The monoisotopic (exact) mass is 415 g/mol. The Morgan fingerprint density at radius 1 is 1.03 bits per heavy atom. The molecule has 1 aliphatic heterocycles. The second kappa shape index (κ2) is 8.61. The Balaban J connectivity index is 1.62. The zero-order valence-electron chi connectivity index (χ0n) is 17.5. The molecule has 2 aromatic rings. The largest absolute Gasteiger partial charge is 0.494 e. The summed E-state index contributed by atoms with van der Waals surface area (Å²) in [5.41, 5.74) is 2.59. The number of hydrogen-bond acceptors (Lipinski definition) is 4. The van der Waals surface area contributed by atoms with Crippen molar-refractivity contribution >= 4 is 23.5 Å². The zero-order valence-corrected chi connectivity index (χ0v) is 17.5. The summed E-state index contributed by atoms with van der Waals surface area (Å²) in [6.45, 7) is 6.54. The number of urea groups is 1. The van der Waals surface area contributed by atoms with Crippen LogP contribution in [0.15, 0.2) is 36.4 Å². The number of amides is 3. The van der Waals surface area contributed by atoms with Gasteiger partial charge in [-0.15, -0.1) is 0 Å². The Bertz CT molecular complexity index is 956. The van der Waals surface area contributed by atoms with Gasteiger partial charge >= 0.3 is 12.1 Å². The van der Waals surface area contributed by atoms with E-state index in [1.165, 1.54) is 25.3 Å². The highest BCUT2D eigenvalue weighted by Gasteiger charge is 2.25. The summed E-state index contributed by atoms with van der Waals surface area (Å²) in [5, 5.41) is 5.42. The molecule has 1 heterocycles. The van der Waals surface area contributed by atoms with Gasteiger partial charge < -0.3 is 25.0 Å². The van der Waals surface area contributed by atoms with Crippen molar-refractivity contribution in [3.8, 4) is 5.75 Å². The highest BCUT2D eigenvalue weighted by atomic mass is 19.1. The van der Waals surface area contributed by atoms with E-state index < -0.39 is 17.4 Å². The molecule has 8 heteroatoms. The minimum Gasteiger partial charge on any atom is -0.494 e. The Morgan fingerprint density at radius 2 is 1.70 bits per heavy atom. The number of carbonyl (C=O) groups excluding carboxylic acids is 2. The normalized spacial score (nSPS) is 13.3. The highest BCUT2D eigenvalue weighted by Crippen LogP contribution is 2.25. The van der Waals surface area contributed by atoms with E-state index in [2.05, 4.69) is 10.6 Å². The number of carbonyl (C=O) groups is 2. The first-order valence-electron chi connectivity index (χ1n) is 9.66. The lowest BCUT2D eigenvalue weighted by Gasteiger charge is -2.31. The quantitative estimate of drug-likeness (QED) is 0.757. The van der Waals surface area contributed by atoms with Crippen LogP contribution in [0.5, 0.6) is 5.75 Å². The highest BCUT2D eigenvalue weighted by molar-refractivity contribution is 5.99. The Morgan fingerprint density at radius 3 is 2.37 bits per heavy atom. The van der Waals surface area contributed by atoms with Crippen LogP contribution in [0.25, 0.3) is 0 Å². The van der Waals surface area contributed by atoms with E-state index in [1.54, 1.807) is 11.0 Å². The van der Waals surface area contributed by atoms with Crippen molar-refractivity contribution in [3.05, 3.63) is 53.3 Å². The molecule has 0 atom stereocenters. The van der Waals surface area contributed by atoms with Crippen LogP contribution in [0.4, 0.5) is 25.4 Å². The van der Waals surface area contributed by atoms with Gasteiger partial charge in [-0.25, -0.2) is 14.0 Å². The van der Waals surface area contributed by atoms with Crippen LogP contribution in [-0.2, 0) is 17.7 Å². The Hall–Kier alpha value is -3.29. The topological polar surface area (TPSA) is 79.9 Å². The van der Waals surface area contributed by atoms with Crippen molar-refractivity contribution < 1.29 is 23.5 Å². The second-order valence-corrected chi connectivity index (χ2v) is 8.06. The van der Waals surface area contributed by atoms with Gasteiger partial charge in [-0.05, 0) is 62.6 Å². The molecule has 0 aliphatic carbocycles. The van der Waals surface area contributed by atoms with Gasteiger partial charge in [0, 0.05) is 30.5 Å². The molecule has 0 saturated heterocycles. The predicted octanol–water partition coefficient (Wildman–Crippen LogP) is 4.77. The first kappa shape index (κ1) is 21.4. The first-order valence-corrected chi connectivity index (χ1v) is 9.66. The molecule has 2 aromatic carbocycles. The minimum absolute atomic E-state index is 0.0520. The van der Waals surface area contributed by atoms with Crippen LogP contribution in [0.1, 0.15) is 31.9 Å². The fourth-order valence-corrected chi connectivity index (χ4v) is 3.14. The predicted molar refractivity (Wildman–Crippen MR) is 112 cm³/mol. The second-order valence-electron chi connectivity index (χ2n) is 8.06. The lowest BCUT2D eigenvalue weighted by atomic mass is 9.99. The molecule has 0 unspecified atom stereocenters. The van der Waals surface area contributed by atoms with Crippen LogP contribution in [-0.4, -0.2) is 36.3 Å². The van der Waals surface area contributed by atoms with Gasteiger partial charge in [0.05, 0.1) is 7.11 Å². The maximum absolute atomic E-state index is 13.5. The Kier molecular flexibility index (Phi) is 6.14. The molecule has 1 aliphatic rings. The minimum atomic E-state index is -0.535. The molecule has 0 bridgehead atoms. The number of methoxy groups -OCH3 is 1. The third-order valence-electron chi connectivity index (χ3n) is 4.54. The van der Waals surface area contributed by atoms with Gasteiger partial charge in [0.2, 0.25) is 0 Å². The molecular weight excluding hydrogens is 389 g/mol. The average Bonchev–Trinajstić information content (AvgIpc) is 2.67. The van der Waals surface area contributed by atoms with E-state index >= 15 is 0 Å². The standard InChI is InChI=1S/C22H26FN3O4/c1-22(2,3)30-21(28)26-10-9-14-11-16(6-5-15(14)13-26)24-20(27)25-17-7-8-18(23)19(12-17)29-4/h5-8,11-12H,9-10,13H2,1-4H3,(H2,24,25,27). The maximum Gasteiger partial charge on any atom is 0.410 e. The van der Waals surface area contributed by atoms with Crippen molar-refractivity contribution in [1.82, 2.24) is 4.90 Å². The van der Waals surface area contributed by atoms with Crippen molar-refractivity contribution in [3.63, 3.8) is 0 Å². The molecule has 3 rings (SSSR count). The number of benzene rings is 2. The molecule has 0 radical (unpaired) electrons. The summed E-state index contributed by atoms with van der Waals surface area (Å²) in [7, 11) is 1.36. The average molecular weight is 415 g/mol. The van der Waals surface area contributed by atoms with Crippen molar-refractivity contribution in [2.75, 3.05) is 24.3 Å². The summed E-state index contributed by atoms with van der Waals surface area (Å²) in [6.07, 6.45) is 0.338.